The zero-order valence-electron chi connectivity index (χ0n) is 16.6. The predicted molar refractivity (Wildman–Crippen MR) is 113 cm³/mol. The Kier molecular flexibility index (Phi) is 8.19. The van der Waals surface area contributed by atoms with Gasteiger partial charge < -0.3 is 20.1 Å². The molecule has 1 atom stereocenters. The summed E-state index contributed by atoms with van der Waals surface area (Å²) >= 11 is 1.44. The number of nitrogens with one attached hydrogen (secondary N) is 2. The molecule has 0 bridgehead atoms. The third kappa shape index (κ3) is 6.20. The van der Waals surface area contributed by atoms with Gasteiger partial charge in [0.05, 0.1) is 25.2 Å². The number of amides is 2. The van der Waals surface area contributed by atoms with Crippen molar-refractivity contribution in [3.63, 3.8) is 0 Å². The first-order valence-electron chi connectivity index (χ1n) is 9.06. The lowest BCUT2D eigenvalue weighted by Crippen LogP contribution is -2.22. The molecule has 2 N–H and O–H groups in total. The smallest absolute Gasteiger partial charge is 0.237 e. The van der Waals surface area contributed by atoms with Crippen molar-refractivity contribution in [3.8, 4) is 11.5 Å². The predicted octanol–water partition coefficient (Wildman–Crippen LogP) is 4.56. The van der Waals surface area contributed by atoms with Crippen LogP contribution in [0.5, 0.6) is 11.5 Å². The molecule has 0 saturated carbocycles. The van der Waals surface area contributed by atoms with E-state index in [0.717, 1.165) is 17.0 Å². The summed E-state index contributed by atoms with van der Waals surface area (Å²) in [6.07, 6.45) is 1.31. The summed E-state index contributed by atoms with van der Waals surface area (Å²) in [5.74, 6) is 1.07. The molecule has 6 nitrogen and oxygen atoms in total. The van der Waals surface area contributed by atoms with Gasteiger partial charge >= 0.3 is 0 Å². The van der Waals surface area contributed by atoms with E-state index in [1.807, 2.05) is 38.1 Å². The molecular weight excluding hydrogens is 376 g/mol. The molecule has 2 aromatic carbocycles. The van der Waals surface area contributed by atoms with Crippen LogP contribution in [0.4, 0.5) is 11.4 Å². The van der Waals surface area contributed by atoms with E-state index in [1.54, 1.807) is 32.4 Å². The number of hydrogen-bond acceptors (Lipinski definition) is 5. The maximum Gasteiger partial charge on any atom is 0.237 e. The summed E-state index contributed by atoms with van der Waals surface area (Å²) in [4.78, 5) is 25.2. The Balaban J connectivity index is 1.98. The minimum absolute atomic E-state index is 0.00267. The van der Waals surface area contributed by atoms with Crippen molar-refractivity contribution in [2.75, 3.05) is 24.9 Å². The molecular formula is C21H26N2O4S. The SMILES string of the molecule is CCCC(=O)Nc1ccc(SC(C)C(=O)Nc2cc(OC)ccc2OC)cc1. The van der Waals surface area contributed by atoms with Gasteiger partial charge in [-0.1, -0.05) is 6.92 Å². The Morgan fingerprint density at radius 3 is 2.36 bits per heavy atom. The van der Waals surface area contributed by atoms with E-state index in [0.29, 0.717) is 23.6 Å². The molecule has 7 heteroatoms. The first-order chi connectivity index (χ1) is 13.5. The van der Waals surface area contributed by atoms with Crippen LogP contribution in [0.1, 0.15) is 26.7 Å². The fourth-order valence-electron chi connectivity index (χ4n) is 2.47. The molecule has 0 fully saturated rings. The fourth-order valence-corrected chi connectivity index (χ4v) is 3.34. The van der Waals surface area contributed by atoms with Gasteiger partial charge in [0, 0.05) is 23.1 Å². The minimum atomic E-state index is -0.323. The van der Waals surface area contributed by atoms with E-state index in [2.05, 4.69) is 10.6 Å². The highest BCUT2D eigenvalue weighted by molar-refractivity contribution is 8.00. The zero-order valence-corrected chi connectivity index (χ0v) is 17.4. The van der Waals surface area contributed by atoms with Gasteiger partial charge in [0.15, 0.2) is 0 Å². The number of carbonyl (C=O) groups is 2. The van der Waals surface area contributed by atoms with Crippen LogP contribution < -0.4 is 20.1 Å². The molecule has 0 aliphatic rings. The van der Waals surface area contributed by atoms with Gasteiger partial charge in [-0.05, 0) is 49.7 Å². The molecule has 0 radical (unpaired) electrons. The van der Waals surface area contributed by atoms with E-state index in [1.165, 1.54) is 11.8 Å². The monoisotopic (exact) mass is 402 g/mol. The second kappa shape index (κ2) is 10.6. The first-order valence-corrected chi connectivity index (χ1v) is 9.94. The molecule has 28 heavy (non-hydrogen) atoms. The van der Waals surface area contributed by atoms with Crippen LogP contribution in [-0.2, 0) is 9.59 Å². The maximum absolute atomic E-state index is 12.6. The summed E-state index contributed by atoms with van der Waals surface area (Å²) in [5, 5.41) is 5.41. The van der Waals surface area contributed by atoms with Gasteiger partial charge in [-0.15, -0.1) is 11.8 Å². The van der Waals surface area contributed by atoms with Crippen LogP contribution in [0.15, 0.2) is 47.4 Å². The number of thioether (sulfide) groups is 1. The Morgan fingerprint density at radius 1 is 1.04 bits per heavy atom. The lowest BCUT2D eigenvalue weighted by Gasteiger charge is -2.15. The number of ether oxygens (including phenoxy) is 2. The number of benzene rings is 2. The van der Waals surface area contributed by atoms with Crippen LogP contribution in [0.3, 0.4) is 0 Å². The average molecular weight is 403 g/mol. The summed E-state index contributed by atoms with van der Waals surface area (Å²) in [7, 11) is 3.12. The van der Waals surface area contributed by atoms with Crippen molar-refractivity contribution < 1.29 is 19.1 Å². The molecule has 0 saturated heterocycles. The van der Waals surface area contributed by atoms with Crippen LogP contribution in [0, 0.1) is 0 Å². The summed E-state index contributed by atoms with van der Waals surface area (Å²) in [6, 6.07) is 12.7. The number of hydrogen-bond donors (Lipinski definition) is 2. The highest BCUT2D eigenvalue weighted by Crippen LogP contribution is 2.31. The number of methoxy groups -OCH3 is 2. The fraction of sp³-hybridized carbons (Fsp3) is 0.333. The van der Waals surface area contributed by atoms with Crippen molar-refractivity contribution in [1.29, 1.82) is 0 Å². The van der Waals surface area contributed by atoms with Gasteiger partial charge in [0.25, 0.3) is 0 Å². The number of anilines is 2. The second-order valence-corrected chi connectivity index (χ2v) is 7.55. The Hall–Kier alpha value is -2.67. The van der Waals surface area contributed by atoms with Crippen LogP contribution in [0.25, 0.3) is 0 Å². The minimum Gasteiger partial charge on any atom is -0.497 e. The highest BCUT2D eigenvalue weighted by atomic mass is 32.2. The number of rotatable bonds is 9. The second-order valence-electron chi connectivity index (χ2n) is 6.14. The molecule has 0 heterocycles. The molecule has 0 spiro atoms. The maximum atomic E-state index is 12.6. The highest BCUT2D eigenvalue weighted by Gasteiger charge is 2.17. The quantitative estimate of drug-likeness (QED) is 0.601. The largest absolute Gasteiger partial charge is 0.497 e. The van der Waals surface area contributed by atoms with Crippen molar-refractivity contribution in [3.05, 3.63) is 42.5 Å². The van der Waals surface area contributed by atoms with Crippen LogP contribution >= 0.6 is 11.8 Å². The van der Waals surface area contributed by atoms with Crippen LogP contribution in [0.2, 0.25) is 0 Å². The van der Waals surface area contributed by atoms with E-state index in [-0.39, 0.29) is 17.1 Å². The first kappa shape index (κ1) is 21.6. The molecule has 2 amide bonds. The van der Waals surface area contributed by atoms with E-state index >= 15 is 0 Å². The van der Waals surface area contributed by atoms with Gasteiger partial charge in [-0.25, -0.2) is 0 Å². The third-order valence-electron chi connectivity index (χ3n) is 3.96. The van der Waals surface area contributed by atoms with Crippen molar-refractivity contribution in [1.82, 2.24) is 0 Å². The van der Waals surface area contributed by atoms with Gasteiger partial charge in [0.1, 0.15) is 11.5 Å². The lowest BCUT2D eigenvalue weighted by molar-refractivity contribution is -0.116. The lowest BCUT2D eigenvalue weighted by atomic mass is 10.2. The normalized spacial score (nSPS) is 11.4. The van der Waals surface area contributed by atoms with E-state index in [9.17, 15) is 9.59 Å². The molecule has 2 rings (SSSR count). The Morgan fingerprint density at radius 2 is 1.75 bits per heavy atom. The van der Waals surface area contributed by atoms with Crippen molar-refractivity contribution in [2.24, 2.45) is 0 Å². The summed E-state index contributed by atoms with van der Waals surface area (Å²) in [6.45, 7) is 3.80. The van der Waals surface area contributed by atoms with Gasteiger partial charge in [0.2, 0.25) is 11.8 Å². The Bertz CT molecular complexity index is 809. The molecule has 150 valence electrons. The third-order valence-corrected chi connectivity index (χ3v) is 5.07. The van der Waals surface area contributed by atoms with Crippen molar-refractivity contribution in [2.45, 2.75) is 36.8 Å². The molecule has 0 aliphatic carbocycles. The van der Waals surface area contributed by atoms with E-state index in [4.69, 9.17) is 9.47 Å². The molecule has 0 aliphatic heterocycles. The van der Waals surface area contributed by atoms with Gasteiger partial charge in [-0.2, -0.15) is 0 Å². The average Bonchev–Trinajstić information content (AvgIpc) is 2.69. The van der Waals surface area contributed by atoms with E-state index < -0.39 is 0 Å². The zero-order chi connectivity index (χ0) is 20.5. The summed E-state index contributed by atoms with van der Waals surface area (Å²) < 4.78 is 10.5. The Labute approximate surface area is 170 Å². The topological polar surface area (TPSA) is 76.7 Å². The summed E-state index contributed by atoms with van der Waals surface area (Å²) in [5.41, 5.74) is 1.31. The number of carbonyl (C=O) groups excluding carboxylic acids is 2. The molecule has 2 aromatic rings. The molecule has 0 aromatic heterocycles. The standard InChI is InChI=1S/C21H26N2O4S/c1-5-6-20(24)22-15-7-10-17(11-8-15)28-14(2)21(25)23-18-13-16(26-3)9-12-19(18)27-4/h7-14H,5-6H2,1-4H3,(H,22,24)(H,23,25). The molecule has 1 unspecified atom stereocenters. The van der Waals surface area contributed by atoms with Gasteiger partial charge in [-0.3, -0.25) is 9.59 Å². The van der Waals surface area contributed by atoms with Crippen molar-refractivity contribution >= 4 is 35.0 Å². The van der Waals surface area contributed by atoms with Crippen LogP contribution in [-0.4, -0.2) is 31.3 Å².